The van der Waals surface area contributed by atoms with Crippen molar-refractivity contribution >= 4 is 22.6 Å². The molecule has 0 atom stereocenters. The third-order valence-corrected chi connectivity index (χ3v) is 2.82. The summed E-state index contributed by atoms with van der Waals surface area (Å²) in [5, 5.41) is 9.55. The molecule has 0 aliphatic rings. The van der Waals surface area contributed by atoms with Crippen molar-refractivity contribution in [3.05, 3.63) is 59.1 Å². The second-order valence-corrected chi connectivity index (χ2v) is 4.28. The van der Waals surface area contributed by atoms with Crippen molar-refractivity contribution in [3.63, 3.8) is 0 Å². The topological polar surface area (TPSA) is 30.7 Å². The fourth-order valence-electron chi connectivity index (χ4n) is 1.73. The van der Waals surface area contributed by atoms with E-state index in [4.69, 9.17) is 11.6 Å². The summed E-state index contributed by atoms with van der Waals surface area (Å²) >= 11 is 5.84. The van der Waals surface area contributed by atoms with Crippen LogP contribution < -0.4 is 0 Å². The highest BCUT2D eigenvalue weighted by Gasteiger charge is 2.01. The quantitative estimate of drug-likeness (QED) is 0.692. The third kappa shape index (κ3) is 2.15. The van der Waals surface area contributed by atoms with Crippen LogP contribution in [0.2, 0.25) is 5.02 Å². The number of nitrogens with zero attached hydrogens (tertiary/aromatic N) is 3. The number of hydrogen-bond acceptors (Lipinski definition) is 2. The van der Waals surface area contributed by atoms with E-state index in [0.29, 0.717) is 6.54 Å². The Labute approximate surface area is 104 Å². The molecule has 0 N–H and O–H groups in total. The number of halogens is 1. The monoisotopic (exact) mass is 243 g/mol. The molecular formula is C13H10ClN3. The van der Waals surface area contributed by atoms with Crippen molar-refractivity contribution in [1.29, 1.82) is 0 Å². The first-order valence-corrected chi connectivity index (χ1v) is 5.73. The largest absolute Gasteiger partial charge is 0.179 e. The van der Waals surface area contributed by atoms with Crippen LogP contribution in [-0.2, 0) is 6.54 Å². The zero-order valence-electron chi connectivity index (χ0n) is 9.05. The minimum Gasteiger partial charge on any atom is -0.179 e. The van der Waals surface area contributed by atoms with Crippen LogP contribution in [0.1, 0.15) is 5.56 Å². The predicted molar refractivity (Wildman–Crippen MR) is 68.1 cm³/mol. The predicted octanol–water partition coefficient (Wildman–Crippen LogP) is 3.13. The Balaban J connectivity index is 1.92. The lowest BCUT2D eigenvalue weighted by molar-refractivity contribution is 0.600. The Morgan fingerprint density at radius 3 is 2.06 bits per heavy atom. The summed E-state index contributed by atoms with van der Waals surface area (Å²) in [6, 6.07) is 15.6. The molecule has 84 valence electrons. The lowest BCUT2D eigenvalue weighted by Crippen LogP contribution is -2.03. The summed E-state index contributed by atoms with van der Waals surface area (Å²) in [6.45, 7) is 0.659. The normalized spacial score (nSPS) is 10.9. The number of fused-ring (bicyclic) bond motifs is 1. The molecule has 0 amide bonds. The average Bonchev–Trinajstić information content (AvgIpc) is 2.74. The van der Waals surface area contributed by atoms with Crippen LogP contribution >= 0.6 is 11.6 Å². The second-order valence-electron chi connectivity index (χ2n) is 3.85. The fourth-order valence-corrected chi connectivity index (χ4v) is 1.85. The van der Waals surface area contributed by atoms with Gasteiger partial charge in [-0.25, -0.2) is 0 Å². The number of hydrogen-bond donors (Lipinski definition) is 0. The van der Waals surface area contributed by atoms with Gasteiger partial charge in [0.1, 0.15) is 11.0 Å². The first-order chi connectivity index (χ1) is 8.31. The Hall–Kier alpha value is -1.87. The van der Waals surface area contributed by atoms with Gasteiger partial charge >= 0.3 is 0 Å². The summed E-state index contributed by atoms with van der Waals surface area (Å²) < 4.78 is 0. The minimum absolute atomic E-state index is 0.659. The molecule has 0 aliphatic heterocycles. The van der Waals surface area contributed by atoms with E-state index in [2.05, 4.69) is 10.2 Å². The highest BCUT2D eigenvalue weighted by molar-refractivity contribution is 6.30. The van der Waals surface area contributed by atoms with Crippen molar-refractivity contribution in [2.45, 2.75) is 6.54 Å². The molecule has 0 saturated carbocycles. The van der Waals surface area contributed by atoms with Gasteiger partial charge in [0, 0.05) is 5.02 Å². The molecule has 0 bridgehead atoms. The van der Waals surface area contributed by atoms with Crippen molar-refractivity contribution in [1.82, 2.24) is 15.0 Å². The van der Waals surface area contributed by atoms with E-state index in [9.17, 15) is 0 Å². The first-order valence-electron chi connectivity index (χ1n) is 5.35. The Kier molecular flexibility index (Phi) is 2.53. The number of benzene rings is 2. The smallest absolute Gasteiger partial charge is 0.113 e. The van der Waals surface area contributed by atoms with Crippen LogP contribution in [0.15, 0.2) is 48.5 Å². The Bertz CT molecular complexity index is 610. The van der Waals surface area contributed by atoms with Gasteiger partial charge in [0.2, 0.25) is 0 Å². The maximum atomic E-state index is 5.84. The highest BCUT2D eigenvalue weighted by Crippen LogP contribution is 2.12. The molecule has 0 spiro atoms. The van der Waals surface area contributed by atoms with E-state index in [1.165, 1.54) is 0 Å². The van der Waals surface area contributed by atoms with E-state index in [-0.39, 0.29) is 0 Å². The van der Waals surface area contributed by atoms with E-state index < -0.39 is 0 Å². The van der Waals surface area contributed by atoms with Crippen LogP contribution in [0, 0.1) is 0 Å². The summed E-state index contributed by atoms with van der Waals surface area (Å²) in [4.78, 5) is 1.70. The van der Waals surface area contributed by atoms with Crippen molar-refractivity contribution < 1.29 is 0 Å². The first kappa shape index (κ1) is 10.3. The molecule has 17 heavy (non-hydrogen) atoms. The van der Waals surface area contributed by atoms with Crippen molar-refractivity contribution in [2.75, 3.05) is 0 Å². The molecule has 4 heteroatoms. The maximum absolute atomic E-state index is 5.84. The lowest BCUT2D eigenvalue weighted by Gasteiger charge is -1.99. The zero-order valence-corrected chi connectivity index (χ0v) is 9.80. The molecule has 1 aromatic heterocycles. The Morgan fingerprint density at radius 1 is 0.882 bits per heavy atom. The lowest BCUT2D eigenvalue weighted by atomic mass is 10.2. The SMILES string of the molecule is Clc1ccc(Cn2nc3ccccc3n2)cc1. The summed E-state index contributed by atoms with van der Waals surface area (Å²) in [5.74, 6) is 0. The summed E-state index contributed by atoms with van der Waals surface area (Å²) in [6.07, 6.45) is 0. The van der Waals surface area contributed by atoms with Crippen molar-refractivity contribution in [3.8, 4) is 0 Å². The summed E-state index contributed by atoms with van der Waals surface area (Å²) in [7, 11) is 0. The molecule has 2 aromatic carbocycles. The molecule has 0 fully saturated rings. The second kappa shape index (κ2) is 4.18. The van der Waals surface area contributed by atoms with Gasteiger partial charge in [-0.15, -0.1) is 0 Å². The van der Waals surface area contributed by atoms with Gasteiger partial charge in [-0.05, 0) is 29.8 Å². The van der Waals surface area contributed by atoms with Crippen LogP contribution in [0.3, 0.4) is 0 Å². The molecule has 0 radical (unpaired) electrons. The molecule has 1 heterocycles. The minimum atomic E-state index is 0.659. The fraction of sp³-hybridized carbons (Fsp3) is 0.0769. The molecule has 0 unspecified atom stereocenters. The van der Waals surface area contributed by atoms with Gasteiger partial charge in [-0.2, -0.15) is 15.0 Å². The molecule has 3 rings (SSSR count). The summed E-state index contributed by atoms with van der Waals surface area (Å²) in [5.41, 5.74) is 2.97. The van der Waals surface area contributed by atoms with Gasteiger partial charge < -0.3 is 0 Å². The standard InChI is InChI=1S/C13H10ClN3/c14-11-7-5-10(6-8-11)9-17-15-12-3-1-2-4-13(12)16-17/h1-8H,9H2. The van der Waals surface area contributed by atoms with Crippen LogP contribution in [-0.4, -0.2) is 15.0 Å². The van der Waals surface area contributed by atoms with Gasteiger partial charge in [-0.3, -0.25) is 0 Å². The van der Waals surface area contributed by atoms with Crippen LogP contribution in [0.25, 0.3) is 11.0 Å². The van der Waals surface area contributed by atoms with E-state index >= 15 is 0 Å². The van der Waals surface area contributed by atoms with Gasteiger partial charge in [-0.1, -0.05) is 35.9 Å². The molecule has 0 aliphatic carbocycles. The van der Waals surface area contributed by atoms with E-state index in [1.807, 2.05) is 48.5 Å². The molecule has 3 aromatic rings. The molecular weight excluding hydrogens is 234 g/mol. The van der Waals surface area contributed by atoms with Crippen LogP contribution in [0.4, 0.5) is 0 Å². The Morgan fingerprint density at radius 2 is 1.47 bits per heavy atom. The van der Waals surface area contributed by atoms with E-state index in [1.54, 1.807) is 4.80 Å². The van der Waals surface area contributed by atoms with Gasteiger partial charge in [0.05, 0.1) is 6.54 Å². The van der Waals surface area contributed by atoms with Crippen molar-refractivity contribution in [2.24, 2.45) is 0 Å². The highest BCUT2D eigenvalue weighted by atomic mass is 35.5. The maximum Gasteiger partial charge on any atom is 0.113 e. The van der Waals surface area contributed by atoms with Gasteiger partial charge in [0.15, 0.2) is 0 Å². The molecule has 0 saturated heterocycles. The van der Waals surface area contributed by atoms with Crippen LogP contribution in [0.5, 0.6) is 0 Å². The van der Waals surface area contributed by atoms with Gasteiger partial charge in [0.25, 0.3) is 0 Å². The number of rotatable bonds is 2. The number of aromatic nitrogens is 3. The average molecular weight is 244 g/mol. The third-order valence-electron chi connectivity index (χ3n) is 2.57. The zero-order chi connectivity index (χ0) is 11.7. The molecule has 3 nitrogen and oxygen atoms in total. The van der Waals surface area contributed by atoms with E-state index in [0.717, 1.165) is 21.6 Å².